The van der Waals surface area contributed by atoms with Crippen LogP contribution in [-0.2, 0) is 20.4 Å². The van der Waals surface area contributed by atoms with Gasteiger partial charge < -0.3 is 4.90 Å². The molecule has 0 heterocycles. The lowest BCUT2D eigenvalue weighted by Gasteiger charge is -2.25. The minimum Gasteiger partial charge on any atom is -0.338 e. The highest BCUT2D eigenvalue weighted by atomic mass is 35.5. The van der Waals surface area contributed by atoms with Gasteiger partial charge >= 0.3 is 0 Å². The molecule has 0 fully saturated rings. The van der Waals surface area contributed by atoms with Crippen molar-refractivity contribution in [1.29, 1.82) is 0 Å². The van der Waals surface area contributed by atoms with E-state index < -0.39 is 21.5 Å². The monoisotopic (exact) mass is 365 g/mol. The molecule has 0 aromatic heterocycles. The summed E-state index contributed by atoms with van der Waals surface area (Å²) in [6.07, 6.45) is 0. The lowest BCUT2D eigenvalue weighted by Crippen LogP contribution is -2.34. The third kappa shape index (κ3) is 4.82. The predicted octanol–water partition coefficient (Wildman–Crippen LogP) is 3.47. The summed E-state index contributed by atoms with van der Waals surface area (Å²) in [6.45, 7) is 1.87. The zero-order valence-electron chi connectivity index (χ0n) is 13.6. The number of amides is 1. The highest BCUT2D eigenvalue weighted by Crippen LogP contribution is 2.21. The molecular formula is C18H20ClNO3S. The van der Waals surface area contributed by atoms with Gasteiger partial charge in [0.05, 0.1) is 11.8 Å². The second kappa shape index (κ2) is 7.81. The van der Waals surface area contributed by atoms with Crippen LogP contribution in [-0.4, -0.2) is 32.0 Å². The molecule has 0 saturated carbocycles. The fourth-order valence-electron chi connectivity index (χ4n) is 2.36. The Morgan fingerprint density at radius 1 is 1.08 bits per heavy atom. The van der Waals surface area contributed by atoms with Crippen molar-refractivity contribution in [3.63, 3.8) is 0 Å². The highest BCUT2D eigenvalue weighted by Gasteiger charge is 2.24. The topological polar surface area (TPSA) is 54.5 Å². The van der Waals surface area contributed by atoms with Crippen molar-refractivity contribution in [3.05, 3.63) is 70.7 Å². The minimum absolute atomic E-state index is 0.200. The van der Waals surface area contributed by atoms with Crippen LogP contribution in [0.2, 0.25) is 5.02 Å². The molecule has 24 heavy (non-hydrogen) atoms. The van der Waals surface area contributed by atoms with Gasteiger partial charge in [0.25, 0.3) is 0 Å². The maximum atomic E-state index is 12.4. The standard InChI is InChI=1S/C18H20ClNO3S/c1-14(15-8-4-3-5-9-15)20(2)18(21)13-24(22,23)12-16-10-6-7-11-17(16)19/h3-11,14H,12-13H2,1-2H3. The molecule has 0 aliphatic heterocycles. The van der Waals surface area contributed by atoms with Gasteiger partial charge in [-0.25, -0.2) is 8.42 Å². The summed E-state index contributed by atoms with van der Waals surface area (Å²) in [5.41, 5.74) is 1.46. The third-order valence-electron chi connectivity index (χ3n) is 3.93. The summed E-state index contributed by atoms with van der Waals surface area (Å²) < 4.78 is 24.6. The Hall–Kier alpha value is -1.85. The van der Waals surface area contributed by atoms with Crippen molar-refractivity contribution in [2.75, 3.05) is 12.8 Å². The van der Waals surface area contributed by atoms with Gasteiger partial charge in [-0.2, -0.15) is 0 Å². The maximum absolute atomic E-state index is 12.4. The Labute approximate surface area is 148 Å². The van der Waals surface area contributed by atoms with Crippen molar-refractivity contribution >= 4 is 27.3 Å². The quantitative estimate of drug-likeness (QED) is 0.787. The molecule has 1 atom stereocenters. The Morgan fingerprint density at radius 3 is 2.29 bits per heavy atom. The van der Waals surface area contributed by atoms with E-state index in [9.17, 15) is 13.2 Å². The Bertz CT molecular complexity index is 806. The fourth-order valence-corrected chi connectivity index (χ4v) is 4.05. The lowest BCUT2D eigenvalue weighted by atomic mass is 10.1. The normalized spacial score (nSPS) is 12.6. The van der Waals surface area contributed by atoms with Gasteiger partial charge in [-0.05, 0) is 24.1 Å². The van der Waals surface area contributed by atoms with E-state index in [1.165, 1.54) is 4.90 Å². The zero-order valence-corrected chi connectivity index (χ0v) is 15.2. The molecule has 4 nitrogen and oxygen atoms in total. The van der Waals surface area contributed by atoms with E-state index in [2.05, 4.69) is 0 Å². The van der Waals surface area contributed by atoms with Crippen LogP contribution in [0.5, 0.6) is 0 Å². The van der Waals surface area contributed by atoms with Crippen molar-refractivity contribution < 1.29 is 13.2 Å². The Kier molecular flexibility index (Phi) is 6.02. The van der Waals surface area contributed by atoms with Gasteiger partial charge in [-0.3, -0.25) is 4.79 Å². The first kappa shape index (κ1) is 18.5. The largest absolute Gasteiger partial charge is 0.338 e. The molecule has 1 unspecified atom stereocenters. The lowest BCUT2D eigenvalue weighted by molar-refractivity contribution is -0.129. The molecule has 1 amide bonds. The van der Waals surface area contributed by atoms with Crippen LogP contribution >= 0.6 is 11.6 Å². The van der Waals surface area contributed by atoms with Crippen LogP contribution in [0, 0.1) is 0 Å². The van der Waals surface area contributed by atoms with Crippen LogP contribution in [0.4, 0.5) is 0 Å². The van der Waals surface area contributed by atoms with Crippen LogP contribution < -0.4 is 0 Å². The first-order valence-corrected chi connectivity index (χ1v) is 9.74. The molecule has 0 spiro atoms. The molecule has 0 N–H and O–H groups in total. The van der Waals surface area contributed by atoms with Crippen LogP contribution in [0.15, 0.2) is 54.6 Å². The SMILES string of the molecule is CC(c1ccccc1)N(C)C(=O)CS(=O)(=O)Cc1ccccc1Cl. The Balaban J connectivity index is 2.06. The summed E-state index contributed by atoms with van der Waals surface area (Å²) in [4.78, 5) is 13.8. The summed E-state index contributed by atoms with van der Waals surface area (Å²) in [6, 6.07) is 16.0. The summed E-state index contributed by atoms with van der Waals surface area (Å²) in [5.74, 6) is -1.21. The second-order valence-corrected chi connectivity index (χ2v) is 8.19. The van der Waals surface area contributed by atoms with Crippen molar-refractivity contribution in [2.24, 2.45) is 0 Å². The molecule has 128 valence electrons. The molecule has 0 radical (unpaired) electrons. The van der Waals surface area contributed by atoms with Gasteiger partial charge in [-0.15, -0.1) is 0 Å². The average Bonchev–Trinajstić information content (AvgIpc) is 2.55. The molecule has 6 heteroatoms. The fraction of sp³-hybridized carbons (Fsp3) is 0.278. The molecule has 0 bridgehead atoms. The summed E-state index contributed by atoms with van der Waals surface area (Å²) in [7, 11) is -1.98. The molecule has 2 aromatic rings. The molecule has 2 rings (SSSR count). The summed E-state index contributed by atoms with van der Waals surface area (Å²) >= 11 is 6.00. The zero-order chi connectivity index (χ0) is 17.7. The number of sulfone groups is 1. The van der Waals surface area contributed by atoms with Crippen molar-refractivity contribution in [2.45, 2.75) is 18.7 Å². The molecule has 0 aliphatic carbocycles. The second-order valence-electron chi connectivity index (χ2n) is 5.71. The smallest absolute Gasteiger partial charge is 0.238 e. The summed E-state index contributed by atoms with van der Waals surface area (Å²) in [5, 5.41) is 0.388. The number of carbonyl (C=O) groups excluding carboxylic acids is 1. The van der Waals surface area contributed by atoms with Crippen molar-refractivity contribution in [3.8, 4) is 0 Å². The van der Waals surface area contributed by atoms with E-state index in [0.717, 1.165) is 5.56 Å². The number of benzene rings is 2. The van der Waals surface area contributed by atoms with Crippen LogP contribution in [0.1, 0.15) is 24.1 Å². The molecular weight excluding hydrogens is 346 g/mol. The van der Waals surface area contributed by atoms with Crippen LogP contribution in [0.3, 0.4) is 0 Å². The van der Waals surface area contributed by atoms with E-state index in [0.29, 0.717) is 10.6 Å². The van der Waals surface area contributed by atoms with Crippen LogP contribution in [0.25, 0.3) is 0 Å². The van der Waals surface area contributed by atoms with Gasteiger partial charge in [0, 0.05) is 12.1 Å². The van der Waals surface area contributed by atoms with E-state index in [4.69, 9.17) is 11.6 Å². The first-order valence-electron chi connectivity index (χ1n) is 7.54. The minimum atomic E-state index is -3.59. The maximum Gasteiger partial charge on any atom is 0.238 e. The molecule has 0 aliphatic rings. The first-order chi connectivity index (χ1) is 11.3. The van der Waals surface area contributed by atoms with Gasteiger partial charge in [0.2, 0.25) is 5.91 Å². The predicted molar refractivity (Wildman–Crippen MR) is 96.6 cm³/mol. The number of nitrogens with zero attached hydrogens (tertiary/aromatic N) is 1. The van der Waals surface area contributed by atoms with Crippen molar-refractivity contribution in [1.82, 2.24) is 4.90 Å². The van der Waals surface area contributed by atoms with E-state index in [1.54, 1.807) is 31.3 Å². The number of hydrogen-bond acceptors (Lipinski definition) is 3. The number of halogens is 1. The van der Waals surface area contributed by atoms with E-state index >= 15 is 0 Å². The van der Waals surface area contributed by atoms with Gasteiger partial charge in [0.15, 0.2) is 9.84 Å². The number of rotatable bonds is 6. The third-order valence-corrected chi connectivity index (χ3v) is 5.74. The highest BCUT2D eigenvalue weighted by molar-refractivity contribution is 7.91. The van der Waals surface area contributed by atoms with E-state index in [1.807, 2.05) is 37.3 Å². The number of carbonyl (C=O) groups is 1. The van der Waals surface area contributed by atoms with Gasteiger partial charge in [0.1, 0.15) is 5.75 Å². The van der Waals surface area contributed by atoms with E-state index in [-0.39, 0.29) is 11.8 Å². The average molecular weight is 366 g/mol. The van der Waals surface area contributed by atoms with Gasteiger partial charge in [-0.1, -0.05) is 60.1 Å². The number of hydrogen-bond donors (Lipinski definition) is 0. The molecule has 0 saturated heterocycles. The Morgan fingerprint density at radius 2 is 1.67 bits per heavy atom. The molecule has 2 aromatic carbocycles.